The van der Waals surface area contributed by atoms with Crippen LogP contribution in [0.25, 0.3) is 11.3 Å². The monoisotopic (exact) mass is 483 g/mol. The summed E-state index contributed by atoms with van der Waals surface area (Å²) in [6.07, 6.45) is -2.30. The number of aromatic nitrogens is 1. The number of nitrogens with two attached hydrogens (primary N) is 1. The van der Waals surface area contributed by atoms with Crippen molar-refractivity contribution in [1.29, 1.82) is 0 Å². The van der Waals surface area contributed by atoms with Crippen LogP contribution >= 0.6 is 0 Å². The third kappa shape index (κ3) is 4.86. The van der Waals surface area contributed by atoms with Crippen molar-refractivity contribution >= 4 is 17.6 Å². The van der Waals surface area contributed by atoms with E-state index in [1.165, 1.54) is 12.8 Å². The molecule has 1 aromatic carbocycles. The molecule has 2 aliphatic rings. The van der Waals surface area contributed by atoms with Crippen LogP contribution in [0.2, 0.25) is 0 Å². The van der Waals surface area contributed by atoms with Crippen molar-refractivity contribution in [2.75, 3.05) is 18.0 Å². The minimum absolute atomic E-state index is 0.209. The summed E-state index contributed by atoms with van der Waals surface area (Å²) in [5.41, 5.74) is 7.81. The van der Waals surface area contributed by atoms with Gasteiger partial charge >= 0.3 is 18.1 Å². The van der Waals surface area contributed by atoms with Gasteiger partial charge in [-0.1, -0.05) is 19.1 Å². The van der Waals surface area contributed by atoms with Gasteiger partial charge in [-0.3, -0.25) is 4.79 Å². The zero-order valence-corrected chi connectivity index (χ0v) is 18.1. The number of aliphatic carboxylic acids is 1. The van der Waals surface area contributed by atoms with Gasteiger partial charge in [-0.15, -0.1) is 0 Å². The number of anilines is 1. The van der Waals surface area contributed by atoms with E-state index in [2.05, 4.69) is 9.88 Å². The van der Waals surface area contributed by atoms with Crippen molar-refractivity contribution in [2.45, 2.75) is 38.4 Å². The first-order valence-electron chi connectivity index (χ1n) is 10.4. The van der Waals surface area contributed by atoms with E-state index in [0.29, 0.717) is 17.7 Å². The van der Waals surface area contributed by atoms with Crippen LogP contribution in [0.1, 0.15) is 35.7 Å². The number of carboxylic acids is 2. The standard InChI is InChI=1S/C20H23N3O4.C2HF3O2/c1-2-13-16(22-18(25)15(17(13)24)19(26)27)11-3-5-12(6-4-11)23-9-14(21)20(10-23)7-8-20;3-2(4,5)1(6)7/h3-6,14H,2,7-10,21H2,1H3,(H,26,27)(H2,22,24,25);(H,6,7). The smallest absolute Gasteiger partial charge is 0.490 e. The molecule has 34 heavy (non-hydrogen) atoms. The topological polar surface area (TPSA) is 157 Å². The highest BCUT2D eigenvalue weighted by atomic mass is 19.4. The molecule has 2 heterocycles. The van der Waals surface area contributed by atoms with Gasteiger partial charge < -0.3 is 30.9 Å². The molecule has 1 aliphatic heterocycles. The predicted octanol–water partition coefficient (Wildman–Crippen LogP) is 2.57. The molecular formula is C22H24F3N3O6. The van der Waals surface area contributed by atoms with Gasteiger partial charge in [0.15, 0.2) is 5.56 Å². The number of hydrogen-bond donors (Lipinski definition) is 5. The maximum absolute atomic E-state index is 12.1. The summed E-state index contributed by atoms with van der Waals surface area (Å²) in [6, 6.07) is 7.92. The fourth-order valence-corrected chi connectivity index (χ4v) is 4.14. The van der Waals surface area contributed by atoms with Crippen LogP contribution in [-0.2, 0) is 11.2 Å². The van der Waals surface area contributed by atoms with Crippen molar-refractivity contribution in [3.63, 3.8) is 0 Å². The SMILES string of the molecule is CCc1c(-c2ccc(N3CC(N)C4(CC4)C3)cc2)[nH]c(=O)c(C(=O)O)c1O.O=C(O)C(F)(F)F. The maximum Gasteiger partial charge on any atom is 0.490 e. The molecule has 0 amide bonds. The Kier molecular flexibility index (Phi) is 6.65. The predicted molar refractivity (Wildman–Crippen MR) is 116 cm³/mol. The molecule has 2 aromatic rings. The summed E-state index contributed by atoms with van der Waals surface area (Å²) in [7, 11) is 0. The zero-order chi connectivity index (χ0) is 25.4. The first-order valence-corrected chi connectivity index (χ1v) is 10.4. The number of benzene rings is 1. The normalized spacial score (nSPS) is 18.4. The van der Waals surface area contributed by atoms with E-state index in [1.54, 1.807) is 6.92 Å². The second kappa shape index (κ2) is 9.01. The number of aromatic amines is 1. The zero-order valence-electron chi connectivity index (χ0n) is 18.1. The Morgan fingerprint density at radius 3 is 2.18 bits per heavy atom. The largest absolute Gasteiger partial charge is 0.506 e. The summed E-state index contributed by atoms with van der Waals surface area (Å²) in [4.78, 5) is 37.2. The maximum atomic E-state index is 12.1. The molecule has 184 valence electrons. The summed E-state index contributed by atoms with van der Waals surface area (Å²) < 4.78 is 31.7. The van der Waals surface area contributed by atoms with Crippen molar-refractivity contribution < 1.29 is 38.1 Å². The summed E-state index contributed by atoms with van der Waals surface area (Å²) >= 11 is 0. The third-order valence-electron chi connectivity index (χ3n) is 6.22. The Morgan fingerprint density at radius 2 is 1.76 bits per heavy atom. The van der Waals surface area contributed by atoms with E-state index < -0.39 is 35.0 Å². The molecule has 4 rings (SSSR count). The Hall–Kier alpha value is -3.54. The number of pyridine rings is 1. The molecular weight excluding hydrogens is 459 g/mol. The van der Waals surface area contributed by atoms with Crippen molar-refractivity contribution in [3.05, 3.63) is 45.7 Å². The third-order valence-corrected chi connectivity index (χ3v) is 6.22. The van der Waals surface area contributed by atoms with Gasteiger partial charge in [0.05, 0.1) is 5.69 Å². The first-order chi connectivity index (χ1) is 15.8. The fraction of sp³-hybridized carbons (Fsp3) is 0.409. The number of H-pyrrole nitrogens is 1. The fourth-order valence-electron chi connectivity index (χ4n) is 4.14. The average molecular weight is 483 g/mol. The Bertz CT molecular complexity index is 1160. The van der Waals surface area contributed by atoms with Crippen LogP contribution in [0.4, 0.5) is 18.9 Å². The van der Waals surface area contributed by atoms with E-state index in [1.807, 2.05) is 24.3 Å². The molecule has 1 saturated heterocycles. The molecule has 12 heteroatoms. The van der Waals surface area contributed by atoms with Crippen LogP contribution in [0.3, 0.4) is 0 Å². The summed E-state index contributed by atoms with van der Waals surface area (Å²) in [5.74, 6) is -4.66. The number of hydrogen-bond acceptors (Lipinski definition) is 6. The van der Waals surface area contributed by atoms with Crippen LogP contribution < -0.4 is 16.2 Å². The van der Waals surface area contributed by atoms with Gasteiger partial charge in [-0.25, -0.2) is 9.59 Å². The highest BCUT2D eigenvalue weighted by molar-refractivity contribution is 5.92. The minimum Gasteiger partial charge on any atom is -0.506 e. The molecule has 9 nitrogen and oxygen atoms in total. The van der Waals surface area contributed by atoms with Crippen LogP contribution in [-0.4, -0.2) is 57.5 Å². The number of carbonyl (C=O) groups is 2. The molecule has 6 N–H and O–H groups in total. The van der Waals surface area contributed by atoms with Crippen LogP contribution in [0.5, 0.6) is 5.75 Å². The van der Waals surface area contributed by atoms with Crippen molar-refractivity contribution in [3.8, 4) is 17.0 Å². The number of aromatic hydroxyl groups is 1. The number of nitrogens with zero attached hydrogens (tertiary/aromatic N) is 1. The molecule has 1 saturated carbocycles. The Morgan fingerprint density at radius 1 is 1.21 bits per heavy atom. The Balaban J connectivity index is 0.000000406. The Labute approximate surface area is 191 Å². The van der Waals surface area contributed by atoms with Crippen LogP contribution in [0, 0.1) is 5.41 Å². The van der Waals surface area contributed by atoms with Crippen molar-refractivity contribution in [1.82, 2.24) is 4.98 Å². The highest BCUT2D eigenvalue weighted by Gasteiger charge is 2.53. The second-order valence-corrected chi connectivity index (χ2v) is 8.39. The lowest BCUT2D eigenvalue weighted by atomic mass is 10.0. The van der Waals surface area contributed by atoms with E-state index >= 15 is 0 Å². The van der Waals surface area contributed by atoms with E-state index in [9.17, 15) is 27.9 Å². The quantitative estimate of drug-likeness (QED) is 0.444. The lowest BCUT2D eigenvalue weighted by Crippen LogP contribution is -2.30. The second-order valence-electron chi connectivity index (χ2n) is 8.39. The van der Waals surface area contributed by atoms with Gasteiger partial charge in [0, 0.05) is 35.8 Å². The van der Waals surface area contributed by atoms with E-state index in [-0.39, 0.29) is 11.5 Å². The lowest BCUT2D eigenvalue weighted by Gasteiger charge is -2.19. The van der Waals surface area contributed by atoms with Crippen LogP contribution in [0.15, 0.2) is 29.1 Å². The molecule has 0 radical (unpaired) electrons. The average Bonchev–Trinajstić information content (AvgIpc) is 3.45. The molecule has 2 fully saturated rings. The van der Waals surface area contributed by atoms with Gasteiger partial charge in [-0.2, -0.15) is 13.2 Å². The number of nitrogens with one attached hydrogen (secondary N) is 1. The lowest BCUT2D eigenvalue weighted by molar-refractivity contribution is -0.192. The van der Waals surface area contributed by atoms with Gasteiger partial charge in [0.25, 0.3) is 5.56 Å². The van der Waals surface area contributed by atoms with Gasteiger partial charge in [-0.05, 0) is 37.0 Å². The minimum atomic E-state index is -5.08. The molecule has 1 atom stereocenters. The first kappa shape index (κ1) is 25.1. The number of rotatable bonds is 4. The number of aromatic carboxylic acids is 1. The molecule has 1 aliphatic carbocycles. The van der Waals surface area contributed by atoms with E-state index in [0.717, 1.165) is 24.3 Å². The summed E-state index contributed by atoms with van der Waals surface area (Å²) in [5, 5.41) is 26.6. The van der Waals surface area contributed by atoms with Crippen molar-refractivity contribution in [2.24, 2.45) is 11.1 Å². The molecule has 1 aromatic heterocycles. The molecule has 0 bridgehead atoms. The van der Waals surface area contributed by atoms with E-state index in [4.69, 9.17) is 20.7 Å². The summed E-state index contributed by atoms with van der Waals surface area (Å²) in [6.45, 7) is 3.61. The highest BCUT2D eigenvalue weighted by Crippen LogP contribution is 2.52. The number of carboxylic acid groups (broad SMARTS) is 2. The van der Waals surface area contributed by atoms with Gasteiger partial charge in [0.1, 0.15) is 5.75 Å². The number of halogens is 3. The number of alkyl halides is 3. The molecule has 1 spiro atoms. The van der Waals surface area contributed by atoms with Gasteiger partial charge in [0.2, 0.25) is 0 Å². The molecule has 1 unspecified atom stereocenters.